The van der Waals surface area contributed by atoms with Crippen molar-refractivity contribution in [1.82, 2.24) is 34.2 Å². The van der Waals surface area contributed by atoms with Crippen LogP contribution in [0.15, 0.2) is 48.9 Å². The van der Waals surface area contributed by atoms with E-state index in [1.54, 1.807) is 0 Å². The molecule has 9 nitrogen and oxygen atoms in total. The van der Waals surface area contributed by atoms with Crippen LogP contribution >= 0.6 is 0 Å². The Morgan fingerprint density at radius 3 is 2.92 bits per heavy atom. The highest BCUT2D eigenvalue weighted by molar-refractivity contribution is 5.95. The lowest BCUT2D eigenvalue weighted by Crippen LogP contribution is -2.55. The molecule has 0 spiro atoms. The fourth-order valence-corrected chi connectivity index (χ4v) is 6.12. The fourth-order valence-electron chi connectivity index (χ4n) is 6.12. The highest BCUT2D eigenvalue weighted by atomic mass is 16.2. The molecule has 3 aliphatic rings. The Bertz CT molecular complexity index is 1520. The summed E-state index contributed by atoms with van der Waals surface area (Å²) in [5, 5.41) is 4.62. The third kappa shape index (κ3) is 4.03. The molecule has 2 fully saturated rings. The summed E-state index contributed by atoms with van der Waals surface area (Å²) in [5.74, 6) is 0. The Kier molecular flexibility index (Phi) is 5.39. The molecule has 6 heterocycles. The van der Waals surface area contributed by atoms with Gasteiger partial charge in [-0.1, -0.05) is 6.08 Å². The second-order valence-corrected chi connectivity index (χ2v) is 10.5. The van der Waals surface area contributed by atoms with Crippen LogP contribution in [-0.2, 0) is 7.05 Å². The lowest BCUT2D eigenvalue weighted by molar-refractivity contribution is 0.0975. The molecule has 2 amide bonds. The number of hydrogen-bond donors (Lipinski definition) is 2. The van der Waals surface area contributed by atoms with Gasteiger partial charge in [-0.05, 0) is 61.7 Å². The van der Waals surface area contributed by atoms with Crippen LogP contribution in [0.5, 0.6) is 0 Å². The summed E-state index contributed by atoms with van der Waals surface area (Å²) in [4.78, 5) is 32.3. The summed E-state index contributed by atoms with van der Waals surface area (Å²) >= 11 is 0. The second-order valence-electron chi connectivity index (χ2n) is 10.5. The van der Waals surface area contributed by atoms with Crippen molar-refractivity contribution in [2.45, 2.75) is 25.3 Å². The zero-order valence-corrected chi connectivity index (χ0v) is 21.2. The minimum atomic E-state index is 0.192. The van der Waals surface area contributed by atoms with E-state index in [4.69, 9.17) is 0 Å². The molecule has 0 aliphatic carbocycles. The molecule has 2 saturated heterocycles. The van der Waals surface area contributed by atoms with Crippen molar-refractivity contribution in [2.75, 3.05) is 44.6 Å². The minimum Gasteiger partial charge on any atom is -0.355 e. The molecule has 9 heteroatoms. The number of carbonyl (C=O) groups is 1. The number of urea groups is 1. The van der Waals surface area contributed by atoms with E-state index in [1.807, 2.05) is 41.2 Å². The second kappa shape index (κ2) is 8.92. The standard InChI is InChI=1S/C28H32N8O/c1-33-18-30-24-5-4-20(15-26(24)33)31-23-6-9-29-27-22(23)16-25(32-27)19-7-11-35(12-8-19)28(37)36-14-13-34-10-2-3-21(34)17-36/h4-7,9,15-16,18,21H,2-3,8,10-14,17H2,1H3,(H2,29,31,32). The predicted octanol–water partition coefficient (Wildman–Crippen LogP) is 4.18. The number of aryl methyl sites for hydroxylation is 1. The molecule has 0 radical (unpaired) electrons. The van der Waals surface area contributed by atoms with Gasteiger partial charge in [0.15, 0.2) is 0 Å². The average Bonchev–Trinajstić information content (AvgIpc) is 3.67. The third-order valence-electron chi connectivity index (χ3n) is 8.22. The Balaban J connectivity index is 1.08. The number of H-pyrrole nitrogens is 1. The van der Waals surface area contributed by atoms with Crippen LogP contribution in [0.2, 0.25) is 0 Å². The first-order chi connectivity index (χ1) is 18.1. The van der Waals surface area contributed by atoms with Gasteiger partial charge in [0.25, 0.3) is 0 Å². The van der Waals surface area contributed by atoms with Crippen LogP contribution < -0.4 is 5.32 Å². The van der Waals surface area contributed by atoms with Gasteiger partial charge >= 0.3 is 6.03 Å². The first-order valence-corrected chi connectivity index (χ1v) is 13.3. The molecule has 0 saturated carbocycles. The number of pyridine rings is 1. The molecule has 1 atom stereocenters. The number of hydrogen-bond acceptors (Lipinski definition) is 5. The molecule has 4 aromatic rings. The van der Waals surface area contributed by atoms with Crippen molar-refractivity contribution in [3.8, 4) is 0 Å². The first kappa shape index (κ1) is 22.4. The summed E-state index contributed by atoms with van der Waals surface area (Å²) in [6.07, 6.45) is 9.17. The molecule has 37 heavy (non-hydrogen) atoms. The topological polar surface area (TPSA) is 85.3 Å². The van der Waals surface area contributed by atoms with Gasteiger partial charge in [-0.3, -0.25) is 4.90 Å². The number of anilines is 2. The number of nitrogens with zero attached hydrogens (tertiary/aromatic N) is 6. The van der Waals surface area contributed by atoms with Crippen molar-refractivity contribution in [1.29, 1.82) is 0 Å². The summed E-state index contributed by atoms with van der Waals surface area (Å²) in [7, 11) is 2.00. The smallest absolute Gasteiger partial charge is 0.320 e. The normalized spacial score (nSPS) is 20.5. The van der Waals surface area contributed by atoms with Gasteiger partial charge in [0.1, 0.15) is 5.65 Å². The zero-order valence-electron chi connectivity index (χ0n) is 21.2. The molecular weight excluding hydrogens is 464 g/mol. The molecule has 7 rings (SSSR count). The van der Waals surface area contributed by atoms with E-state index in [2.05, 4.69) is 54.3 Å². The number of amides is 2. The van der Waals surface area contributed by atoms with Crippen LogP contribution in [0, 0.1) is 0 Å². The van der Waals surface area contributed by atoms with Crippen molar-refractivity contribution in [2.24, 2.45) is 7.05 Å². The van der Waals surface area contributed by atoms with Crippen LogP contribution in [0.25, 0.3) is 27.6 Å². The van der Waals surface area contributed by atoms with E-state index in [9.17, 15) is 4.79 Å². The maximum absolute atomic E-state index is 13.2. The molecule has 1 aromatic carbocycles. The zero-order chi connectivity index (χ0) is 24.9. The quantitative estimate of drug-likeness (QED) is 0.445. The number of fused-ring (bicyclic) bond motifs is 3. The Hall–Kier alpha value is -3.85. The van der Waals surface area contributed by atoms with Crippen molar-refractivity contribution in [3.63, 3.8) is 0 Å². The number of carbonyl (C=O) groups excluding carboxylic acids is 1. The van der Waals surface area contributed by atoms with Gasteiger partial charge in [0, 0.05) is 68.8 Å². The number of rotatable bonds is 3. The maximum Gasteiger partial charge on any atom is 0.320 e. The lowest BCUT2D eigenvalue weighted by atomic mass is 10.0. The van der Waals surface area contributed by atoms with Gasteiger partial charge in [0.05, 0.1) is 23.0 Å². The lowest BCUT2D eigenvalue weighted by Gasteiger charge is -2.40. The fraction of sp³-hybridized carbons (Fsp3) is 0.393. The number of nitrogens with one attached hydrogen (secondary N) is 2. The van der Waals surface area contributed by atoms with Crippen molar-refractivity contribution < 1.29 is 4.79 Å². The van der Waals surface area contributed by atoms with Crippen LogP contribution in [0.1, 0.15) is 25.0 Å². The van der Waals surface area contributed by atoms with E-state index in [1.165, 1.54) is 25.0 Å². The summed E-state index contributed by atoms with van der Waals surface area (Å²) in [6.45, 7) is 5.33. The molecule has 3 aromatic heterocycles. The Morgan fingerprint density at radius 1 is 1.08 bits per heavy atom. The molecule has 1 unspecified atom stereocenters. The SMILES string of the molecule is Cn1cnc2ccc(Nc3ccnc4[nH]c(C5=CCN(C(=O)N6CCN7CCCC7C6)CC5)cc34)cc21. The van der Waals surface area contributed by atoms with Crippen molar-refractivity contribution in [3.05, 3.63) is 54.6 Å². The predicted molar refractivity (Wildman–Crippen MR) is 146 cm³/mol. The molecule has 190 valence electrons. The summed E-state index contributed by atoms with van der Waals surface area (Å²) < 4.78 is 2.02. The van der Waals surface area contributed by atoms with Crippen LogP contribution in [0.4, 0.5) is 16.2 Å². The average molecular weight is 497 g/mol. The van der Waals surface area contributed by atoms with Crippen molar-refractivity contribution >= 4 is 45.0 Å². The van der Waals surface area contributed by atoms with Gasteiger partial charge < -0.3 is 24.7 Å². The minimum absolute atomic E-state index is 0.192. The highest BCUT2D eigenvalue weighted by Crippen LogP contribution is 2.31. The number of piperazine rings is 1. The molecule has 0 bridgehead atoms. The largest absolute Gasteiger partial charge is 0.355 e. The molecular formula is C28H32N8O. The first-order valence-electron chi connectivity index (χ1n) is 13.3. The monoisotopic (exact) mass is 496 g/mol. The number of aromatic nitrogens is 4. The number of benzene rings is 1. The Morgan fingerprint density at radius 2 is 2.03 bits per heavy atom. The molecule has 3 aliphatic heterocycles. The summed E-state index contributed by atoms with van der Waals surface area (Å²) in [6, 6.07) is 11.1. The van der Waals surface area contributed by atoms with Gasteiger partial charge in [0.2, 0.25) is 0 Å². The number of imidazole rings is 1. The van der Waals surface area contributed by atoms with Crippen LogP contribution in [-0.4, -0.2) is 85.6 Å². The van der Waals surface area contributed by atoms with Gasteiger partial charge in [-0.2, -0.15) is 0 Å². The van der Waals surface area contributed by atoms with E-state index >= 15 is 0 Å². The molecule has 2 N–H and O–H groups in total. The van der Waals surface area contributed by atoms with Gasteiger partial charge in [-0.25, -0.2) is 14.8 Å². The number of aromatic amines is 1. The van der Waals surface area contributed by atoms with E-state index < -0.39 is 0 Å². The van der Waals surface area contributed by atoms with Crippen LogP contribution in [0.3, 0.4) is 0 Å². The van der Waals surface area contributed by atoms with E-state index in [-0.39, 0.29) is 6.03 Å². The summed E-state index contributed by atoms with van der Waals surface area (Å²) in [5.41, 5.74) is 7.26. The van der Waals surface area contributed by atoms with Gasteiger partial charge in [-0.15, -0.1) is 0 Å². The maximum atomic E-state index is 13.2. The van der Waals surface area contributed by atoms with E-state index in [0.717, 1.165) is 71.7 Å². The Labute approximate surface area is 215 Å². The van der Waals surface area contributed by atoms with E-state index in [0.29, 0.717) is 12.6 Å². The highest BCUT2D eigenvalue weighted by Gasteiger charge is 2.34. The third-order valence-corrected chi connectivity index (χ3v) is 8.22.